The number of nitrogens with one attached hydrogen (secondary N) is 1. The molecule has 1 N–H and O–H groups in total. The third-order valence-electron chi connectivity index (χ3n) is 4.50. The molecule has 1 aliphatic rings. The molecule has 2 aromatic carbocycles. The van der Waals surface area contributed by atoms with E-state index in [4.69, 9.17) is 4.74 Å². The van der Waals surface area contributed by atoms with Gasteiger partial charge >= 0.3 is 0 Å². The number of nitrogens with zero attached hydrogens (tertiary/aromatic N) is 1. The minimum absolute atomic E-state index is 0.102. The van der Waals surface area contributed by atoms with E-state index in [1.807, 2.05) is 24.3 Å². The standard InChI is InChI=1S/C19H22N2O4S/c1-13-8-9-14(26(23,24)21(2)3)12-16(13)19(22)20-17-10-11-25-18-7-5-4-6-15(17)18/h4-9,12,17H,10-11H2,1-3H3,(H,20,22)/t17-/m0/s1. The minimum atomic E-state index is -3.60. The molecule has 26 heavy (non-hydrogen) atoms. The summed E-state index contributed by atoms with van der Waals surface area (Å²) in [6.07, 6.45) is 0.664. The molecule has 3 rings (SSSR count). The lowest BCUT2D eigenvalue weighted by Gasteiger charge is -2.27. The number of ether oxygens (including phenoxy) is 1. The number of carbonyl (C=O) groups excluding carboxylic acids is 1. The Balaban J connectivity index is 1.90. The SMILES string of the molecule is Cc1ccc(S(=O)(=O)N(C)C)cc1C(=O)N[C@H]1CCOc2ccccc21. The maximum absolute atomic E-state index is 12.8. The van der Waals surface area contributed by atoms with Gasteiger partial charge in [-0.15, -0.1) is 0 Å². The van der Waals surface area contributed by atoms with E-state index in [9.17, 15) is 13.2 Å². The highest BCUT2D eigenvalue weighted by Gasteiger charge is 2.25. The van der Waals surface area contributed by atoms with Crippen molar-refractivity contribution in [3.63, 3.8) is 0 Å². The van der Waals surface area contributed by atoms with Crippen LogP contribution in [0.3, 0.4) is 0 Å². The van der Waals surface area contributed by atoms with Gasteiger partial charge in [-0.2, -0.15) is 0 Å². The Morgan fingerprint density at radius 1 is 1.19 bits per heavy atom. The van der Waals surface area contributed by atoms with Crippen LogP contribution in [0.15, 0.2) is 47.4 Å². The fourth-order valence-electron chi connectivity index (χ4n) is 2.95. The fraction of sp³-hybridized carbons (Fsp3) is 0.316. The second kappa shape index (κ2) is 7.09. The first-order valence-electron chi connectivity index (χ1n) is 8.36. The molecule has 2 aromatic rings. The maximum atomic E-state index is 12.8. The third kappa shape index (κ3) is 3.45. The van der Waals surface area contributed by atoms with E-state index in [1.54, 1.807) is 13.0 Å². The highest BCUT2D eigenvalue weighted by Crippen LogP contribution is 2.32. The summed E-state index contributed by atoms with van der Waals surface area (Å²) in [5.41, 5.74) is 2.01. The lowest BCUT2D eigenvalue weighted by Crippen LogP contribution is -2.32. The van der Waals surface area contributed by atoms with Crippen LogP contribution in [0.5, 0.6) is 5.75 Å². The van der Waals surface area contributed by atoms with E-state index < -0.39 is 10.0 Å². The normalized spacial score (nSPS) is 16.7. The molecule has 0 aliphatic carbocycles. The first kappa shape index (κ1) is 18.4. The van der Waals surface area contributed by atoms with E-state index in [2.05, 4.69) is 5.32 Å². The largest absolute Gasteiger partial charge is 0.493 e. The number of rotatable bonds is 4. The zero-order chi connectivity index (χ0) is 18.9. The summed E-state index contributed by atoms with van der Waals surface area (Å²) in [6, 6.07) is 12.0. The quantitative estimate of drug-likeness (QED) is 0.892. The van der Waals surface area contributed by atoms with Crippen molar-refractivity contribution in [2.24, 2.45) is 0 Å². The van der Waals surface area contributed by atoms with Gasteiger partial charge in [0.1, 0.15) is 5.75 Å². The van der Waals surface area contributed by atoms with Crippen LogP contribution < -0.4 is 10.1 Å². The number of hydrogen-bond donors (Lipinski definition) is 1. The van der Waals surface area contributed by atoms with Crippen molar-refractivity contribution in [1.29, 1.82) is 0 Å². The van der Waals surface area contributed by atoms with Crippen molar-refractivity contribution in [1.82, 2.24) is 9.62 Å². The lowest BCUT2D eigenvalue weighted by atomic mass is 9.99. The molecular weight excluding hydrogens is 352 g/mol. The Labute approximate surface area is 153 Å². The van der Waals surface area contributed by atoms with Crippen molar-refractivity contribution in [3.05, 3.63) is 59.2 Å². The molecule has 138 valence electrons. The van der Waals surface area contributed by atoms with Crippen LogP contribution >= 0.6 is 0 Å². The maximum Gasteiger partial charge on any atom is 0.252 e. The highest BCUT2D eigenvalue weighted by molar-refractivity contribution is 7.89. The fourth-order valence-corrected chi connectivity index (χ4v) is 3.87. The molecule has 0 bridgehead atoms. The minimum Gasteiger partial charge on any atom is -0.493 e. The third-order valence-corrected chi connectivity index (χ3v) is 6.31. The average molecular weight is 374 g/mol. The van der Waals surface area contributed by atoms with Gasteiger partial charge in [0.05, 0.1) is 17.5 Å². The summed E-state index contributed by atoms with van der Waals surface area (Å²) in [4.78, 5) is 12.9. The number of hydrogen-bond acceptors (Lipinski definition) is 4. The van der Waals surface area contributed by atoms with Crippen molar-refractivity contribution in [2.75, 3.05) is 20.7 Å². The highest BCUT2D eigenvalue weighted by atomic mass is 32.2. The van der Waals surface area contributed by atoms with Gasteiger partial charge in [-0.25, -0.2) is 12.7 Å². The molecule has 6 nitrogen and oxygen atoms in total. The van der Waals surface area contributed by atoms with E-state index in [-0.39, 0.29) is 16.8 Å². The van der Waals surface area contributed by atoms with Gasteiger partial charge < -0.3 is 10.1 Å². The summed E-state index contributed by atoms with van der Waals surface area (Å²) in [6.45, 7) is 2.31. The molecule has 0 fully saturated rings. The monoisotopic (exact) mass is 374 g/mol. The summed E-state index contributed by atoms with van der Waals surface area (Å²) >= 11 is 0. The summed E-state index contributed by atoms with van der Waals surface area (Å²) in [5.74, 6) is 0.477. The van der Waals surface area contributed by atoms with Gasteiger partial charge in [0, 0.05) is 31.6 Å². The first-order valence-corrected chi connectivity index (χ1v) is 9.80. The van der Waals surface area contributed by atoms with E-state index in [1.165, 1.54) is 26.2 Å². The second-order valence-electron chi connectivity index (χ2n) is 6.47. The van der Waals surface area contributed by atoms with E-state index in [0.717, 1.165) is 21.2 Å². The molecule has 1 heterocycles. The molecular formula is C19H22N2O4S. The number of aryl methyl sites for hydroxylation is 1. The number of carbonyl (C=O) groups is 1. The average Bonchev–Trinajstić information content (AvgIpc) is 2.62. The van der Waals surface area contributed by atoms with Crippen LogP contribution in [-0.2, 0) is 10.0 Å². The van der Waals surface area contributed by atoms with E-state index >= 15 is 0 Å². The van der Waals surface area contributed by atoms with E-state index in [0.29, 0.717) is 18.6 Å². The van der Waals surface area contributed by atoms with Crippen LogP contribution in [0.1, 0.15) is 33.9 Å². The number of sulfonamides is 1. The summed E-state index contributed by atoms with van der Waals surface area (Å²) in [7, 11) is -0.666. The number of fused-ring (bicyclic) bond motifs is 1. The Hall–Kier alpha value is -2.38. The topological polar surface area (TPSA) is 75.7 Å². The van der Waals surface area contributed by atoms with Crippen molar-refractivity contribution >= 4 is 15.9 Å². The van der Waals surface area contributed by atoms with Gasteiger partial charge in [0.25, 0.3) is 5.91 Å². The zero-order valence-electron chi connectivity index (χ0n) is 15.0. The van der Waals surface area contributed by atoms with Crippen molar-refractivity contribution in [2.45, 2.75) is 24.3 Å². The molecule has 1 amide bonds. The molecule has 0 unspecified atom stereocenters. The van der Waals surface area contributed by atoms with Crippen LogP contribution in [0.4, 0.5) is 0 Å². The predicted molar refractivity (Wildman–Crippen MR) is 98.8 cm³/mol. The molecule has 0 radical (unpaired) electrons. The Kier molecular flexibility index (Phi) is 5.02. The van der Waals surface area contributed by atoms with Gasteiger partial charge in [-0.05, 0) is 30.7 Å². The number of benzene rings is 2. The molecule has 0 saturated heterocycles. The van der Waals surface area contributed by atoms with Crippen LogP contribution in [-0.4, -0.2) is 39.3 Å². The Bertz CT molecular complexity index is 938. The van der Waals surface area contributed by atoms with Crippen molar-refractivity contribution < 1.29 is 17.9 Å². The van der Waals surface area contributed by atoms with Crippen molar-refractivity contribution in [3.8, 4) is 5.75 Å². The molecule has 7 heteroatoms. The lowest BCUT2D eigenvalue weighted by molar-refractivity contribution is 0.0924. The number of amides is 1. The zero-order valence-corrected chi connectivity index (χ0v) is 15.8. The van der Waals surface area contributed by atoms with Gasteiger partial charge in [0.2, 0.25) is 10.0 Å². The molecule has 1 aliphatic heterocycles. The van der Waals surface area contributed by atoms with Gasteiger partial charge in [-0.3, -0.25) is 4.79 Å². The second-order valence-corrected chi connectivity index (χ2v) is 8.62. The smallest absolute Gasteiger partial charge is 0.252 e. The van der Waals surface area contributed by atoms with Crippen LogP contribution in [0.2, 0.25) is 0 Å². The predicted octanol–water partition coefficient (Wildman–Crippen LogP) is 2.50. The molecule has 1 atom stereocenters. The Morgan fingerprint density at radius 3 is 2.65 bits per heavy atom. The molecule has 0 spiro atoms. The van der Waals surface area contributed by atoms with Crippen LogP contribution in [0, 0.1) is 6.92 Å². The summed E-state index contributed by atoms with van der Waals surface area (Å²) < 4.78 is 31.5. The van der Waals surface area contributed by atoms with Gasteiger partial charge in [0.15, 0.2) is 0 Å². The Morgan fingerprint density at radius 2 is 1.92 bits per heavy atom. The molecule has 0 aromatic heterocycles. The van der Waals surface area contributed by atoms with Gasteiger partial charge in [-0.1, -0.05) is 24.3 Å². The molecule has 0 saturated carbocycles. The first-order chi connectivity index (χ1) is 12.3. The number of para-hydroxylation sites is 1. The summed E-state index contributed by atoms with van der Waals surface area (Å²) in [5, 5.41) is 3.01. The van der Waals surface area contributed by atoms with Crippen LogP contribution in [0.25, 0.3) is 0 Å².